The molecule has 0 aromatic heterocycles. The van der Waals surface area contributed by atoms with E-state index in [9.17, 15) is 0 Å². The van der Waals surface area contributed by atoms with Crippen LogP contribution >= 0.6 is 0 Å². The van der Waals surface area contributed by atoms with Gasteiger partial charge in [-0.3, -0.25) is 0 Å². The maximum absolute atomic E-state index is 3.72. The summed E-state index contributed by atoms with van der Waals surface area (Å²) in [6, 6.07) is 47.4. The summed E-state index contributed by atoms with van der Waals surface area (Å²) in [5.74, 6) is 0. The van der Waals surface area contributed by atoms with Crippen LogP contribution in [0.15, 0.2) is 157 Å². The summed E-state index contributed by atoms with van der Waals surface area (Å²) in [5.41, 5.74) is 10.5. The molecule has 0 saturated carbocycles. The molecule has 5 aromatic rings. The number of anilines is 6. The van der Waals surface area contributed by atoms with Crippen molar-refractivity contribution in [1.82, 2.24) is 0 Å². The molecule has 1 N–H and O–H groups in total. The topological polar surface area (TPSA) is 18.5 Å². The van der Waals surface area contributed by atoms with Crippen molar-refractivity contribution in [2.75, 3.05) is 15.1 Å². The minimum atomic E-state index is 0.224. The molecule has 3 nitrogen and oxygen atoms in total. The molecule has 0 bridgehead atoms. The predicted molar refractivity (Wildman–Crippen MR) is 175 cm³/mol. The molecule has 41 heavy (non-hydrogen) atoms. The highest BCUT2D eigenvalue weighted by molar-refractivity contribution is 5.77. The van der Waals surface area contributed by atoms with Crippen LogP contribution in [0.5, 0.6) is 0 Å². The Labute approximate surface area is 243 Å². The molecule has 0 spiro atoms. The van der Waals surface area contributed by atoms with Gasteiger partial charge in [-0.15, -0.1) is 0 Å². The van der Waals surface area contributed by atoms with E-state index in [-0.39, 0.29) is 6.04 Å². The van der Waals surface area contributed by atoms with Gasteiger partial charge in [0.25, 0.3) is 0 Å². The van der Waals surface area contributed by atoms with Crippen molar-refractivity contribution in [3.63, 3.8) is 0 Å². The summed E-state index contributed by atoms with van der Waals surface area (Å²) in [7, 11) is 0. The number of hydrogen-bond donors (Lipinski definition) is 1. The summed E-state index contributed by atoms with van der Waals surface area (Å²) in [4.78, 5) is 4.63. The molecule has 6 rings (SSSR count). The molecular formula is C38H35N3. The lowest BCUT2D eigenvalue weighted by Crippen LogP contribution is -2.22. The highest BCUT2D eigenvalue weighted by Crippen LogP contribution is 2.36. The lowest BCUT2D eigenvalue weighted by atomic mass is 10.0. The van der Waals surface area contributed by atoms with Crippen molar-refractivity contribution in [1.29, 1.82) is 0 Å². The van der Waals surface area contributed by atoms with Crippen molar-refractivity contribution < 1.29 is 0 Å². The molecule has 0 saturated heterocycles. The number of benzene rings is 5. The lowest BCUT2D eigenvalue weighted by molar-refractivity contribution is 0.868. The maximum Gasteiger partial charge on any atom is 0.0483 e. The summed E-state index contributed by atoms with van der Waals surface area (Å²) in [5, 5.41) is 3.72. The number of hydrogen-bond acceptors (Lipinski definition) is 3. The summed E-state index contributed by atoms with van der Waals surface area (Å²) < 4.78 is 0. The molecule has 3 heteroatoms. The third kappa shape index (κ3) is 6.10. The molecule has 202 valence electrons. The van der Waals surface area contributed by atoms with Crippen molar-refractivity contribution in [2.24, 2.45) is 0 Å². The first-order chi connectivity index (χ1) is 20.1. The van der Waals surface area contributed by atoms with Crippen molar-refractivity contribution in [3.05, 3.63) is 169 Å². The van der Waals surface area contributed by atoms with E-state index in [0.29, 0.717) is 0 Å². The van der Waals surface area contributed by atoms with Gasteiger partial charge in [0.1, 0.15) is 0 Å². The predicted octanol–water partition coefficient (Wildman–Crippen LogP) is 10.2. The molecule has 0 aliphatic heterocycles. The molecule has 1 unspecified atom stereocenters. The first kappa shape index (κ1) is 26.2. The van der Waals surface area contributed by atoms with Crippen LogP contribution in [0.3, 0.4) is 0 Å². The highest BCUT2D eigenvalue weighted by Gasteiger charge is 2.18. The highest BCUT2D eigenvalue weighted by atomic mass is 15.2. The zero-order valence-electron chi connectivity index (χ0n) is 23.6. The van der Waals surface area contributed by atoms with Gasteiger partial charge in [-0.25, -0.2) is 0 Å². The Morgan fingerprint density at radius 3 is 1.59 bits per heavy atom. The van der Waals surface area contributed by atoms with Crippen molar-refractivity contribution in [2.45, 2.75) is 26.3 Å². The Morgan fingerprint density at radius 2 is 1.05 bits per heavy atom. The van der Waals surface area contributed by atoms with E-state index in [0.717, 1.165) is 34.9 Å². The van der Waals surface area contributed by atoms with Gasteiger partial charge in [0, 0.05) is 45.9 Å². The maximum atomic E-state index is 3.72. The average molecular weight is 534 g/mol. The minimum absolute atomic E-state index is 0.224. The van der Waals surface area contributed by atoms with Gasteiger partial charge >= 0.3 is 0 Å². The largest absolute Gasteiger partial charge is 0.379 e. The normalized spacial score (nSPS) is 14.3. The fraction of sp³-hybridized carbons (Fsp3) is 0.105. The average Bonchev–Trinajstić information content (AvgIpc) is 3.00. The van der Waals surface area contributed by atoms with Crippen molar-refractivity contribution >= 4 is 34.1 Å². The van der Waals surface area contributed by atoms with E-state index >= 15 is 0 Å². The molecule has 0 radical (unpaired) electrons. The van der Waals surface area contributed by atoms with Crippen LogP contribution < -0.4 is 15.1 Å². The van der Waals surface area contributed by atoms with Gasteiger partial charge in [-0.2, -0.15) is 0 Å². The first-order valence-corrected chi connectivity index (χ1v) is 14.2. The molecular weight excluding hydrogens is 498 g/mol. The lowest BCUT2D eigenvalue weighted by Gasteiger charge is -2.29. The Morgan fingerprint density at radius 1 is 0.537 bits per heavy atom. The third-order valence-electron chi connectivity index (χ3n) is 7.36. The minimum Gasteiger partial charge on any atom is -0.379 e. The Balaban J connectivity index is 1.20. The standard InChI is InChI=1S/C38H35N3/c1-29-11-9-17-37(27-29)40(33-13-5-3-6-14-33)35-23-19-31(20-24-35)39-32-21-25-36(26-22-32)41(34-15-7-4-8-16-34)38-18-10-12-30(2)28-38/h3-21,23-28,32,39H,22H2,1-2H3. The van der Waals surface area contributed by atoms with Gasteiger partial charge < -0.3 is 15.1 Å². The molecule has 1 aliphatic rings. The molecule has 1 aliphatic carbocycles. The van der Waals surface area contributed by atoms with E-state index in [2.05, 4.69) is 181 Å². The van der Waals surface area contributed by atoms with Crippen molar-refractivity contribution in [3.8, 4) is 0 Å². The summed E-state index contributed by atoms with van der Waals surface area (Å²) >= 11 is 0. The van der Waals surface area contributed by atoms with Crippen LogP contribution in [0.4, 0.5) is 34.1 Å². The molecule has 5 aromatic carbocycles. The smallest absolute Gasteiger partial charge is 0.0483 e. The number of allylic oxidation sites excluding steroid dienone is 1. The zero-order valence-corrected chi connectivity index (χ0v) is 23.6. The van der Waals surface area contributed by atoms with E-state index in [1.165, 1.54) is 22.5 Å². The van der Waals surface area contributed by atoms with E-state index in [4.69, 9.17) is 0 Å². The molecule has 1 atom stereocenters. The Hall–Kier alpha value is -5.02. The number of para-hydroxylation sites is 2. The van der Waals surface area contributed by atoms with Crippen LogP contribution in [-0.2, 0) is 0 Å². The number of aryl methyl sites for hydroxylation is 2. The quantitative estimate of drug-likeness (QED) is 0.214. The second-order valence-electron chi connectivity index (χ2n) is 10.5. The zero-order chi connectivity index (χ0) is 28.0. The van der Waals surface area contributed by atoms with E-state index in [1.807, 2.05) is 0 Å². The third-order valence-corrected chi connectivity index (χ3v) is 7.36. The summed E-state index contributed by atoms with van der Waals surface area (Å²) in [6.45, 7) is 4.28. The first-order valence-electron chi connectivity index (χ1n) is 14.2. The summed E-state index contributed by atoms with van der Waals surface area (Å²) in [6.07, 6.45) is 7.75. The number of nitrogens with one attached hydrogen (secondary N) is 1. The second-order valence-corrected chi connectivity index (χ2v) is 10.5. The second kappa shape index (κ2) is 12.0. The van der Waals surface area contributed by atoms with Gasteiger partial charge in [0.05, 0.1) is 0 Å². The Bertz CT molecular complexity index is 1650. The van der Waals surface area contributed by atoms with E-state index in [1.54, 1.807) is 0 Å². The van der Waals surface area contributed by atoms with Crippen LogP contribution in [0, 0.1) is 13.8 Å². The number of nitrogens with zero attached hydrogens (tertiary/aromatic N) is 2. The molecule has 0 fully saturated rings. The van der Waals surface area contributed by atoms with E-state index < -0.39 is 0 Å². The van der Waals surface area contributed by atoms with Crippen LogP contribution in [0.25, 0.3) is 0 Å². The van der Waals surface area contributed by atoms with Crippen LogP contribution in [-0.4, -0.2) is 6.04 Å². The number of rotatable bonds is 8. The fourth-order valence-corrected chi connectivity index (χ4v) is 5.39. The Kier molecular flexibility index (Phi) is 7.68. The molecule has 0 heterocycles. The van der Waals surface area contributed by atoms with Gasteiger partial charge in [-0.05, 0) is 110 Å². The monoisotopic (exact) mass is 533 g/mol. The molecule has 0 amide bonds. The van der Waals surface area contributed by atoms with Gasteiger partial charge in [0.2, 0.25) is 0 Å². The van der Waals surface area contributed by atoms with Gasteiger partial charge in [-0.1, -0.05) is 72.8 Å². The van der Waals surface area contributed by atoms with Crippen LogP contribution in [0.2, 0.25) is 0 Å². The fourth-order valence-electron chi connectivity index (χ4n) is 5.39. The SMILES string of the molecule is Cc1cccc(N(C2=CCC(Nc3ccc(N(c4ccccc4)c4cccc(C)c4)cc3)C=C2)c2ccccc2)c1. The van der Waals surface area contributed by atoms with Gasteiger partial charge in [0.15, 0.2) is 0 Å². The van der Waals surface area contributed by atoms with Crippen LogP contribution in [0.1, 0.15) is 17.5 Å².